The van der Waals surface area contributed by atoms with E-state index in [0.29, 0.717) is 17.6 Å². The zero-order valence-corrected chi connectivity index (χ0v) is 13.7. The smallest absolute Gasteiger partial charge is 0.319 e. The number of rotatable bonds is 4. The van der Waals surface area contributed by atoms with Crippen molar-refractivity contribution in [1.82, 2.24) is 5.32 Å². The largest absolute Gasteiger partial charge is 0.496 e. The zero-order chi connectivity index (χ0) is 17.0. The average molecular weight is 321 g/mol. The Morgan fingerprint density at radius 1 is 1.35 bits per heavy atom. The lowest BCUT2D eigenvalue weighted by molar-refractivity contribution is -0.384. The number of amides is 2. The van der Waals surface area contributed by atoms with E-state index < -0.39 is 11.0 Å². The molecule has 1 saturated carbocycles. The van der Waals surface area contributed by atoms with Crippen LogP contribution in [0.4, 0.5) is 16.2 Å². The third kappa shape index (κ3) is 4.12. The van der Waals surface area contributed by atoms with Crippen molar-refractivity contribution in [1.29, 1.82) is 0 Å². The molecular formula is C16H23N3O4. The van der Waals surface area contributed by atoms with E-state index in [0.717, 1.165) is 12.8 Å². The highest BCUT2D eigenvalue weighted by Gasteiger charge is 2.28. The molecule has 3 atom stereocenters. The number of nitro groups is 1. The van der Waals surface area contributed by atoms with E-state index in [9.17, 15) is 14.9 Å². The molecule has 0 saturated heterocycles. The molecule has 1 aromatic rings. The predicted molar refractivity (Wildman–Crippen MR) is 87.8 cm³/mol. The molecule has 1 aromatic carbocycles. The highest BCUT2D eigenvalue weighted by Crippen LogP contribution is 2.31. The van der Waals surface area contributed by atoms with Crippen LogP contribution >= 0.6 is 0 Å². The zero-order valence-electron chi connectivity index (χ0n) is 13.7. The van der Waals surface area contributed by atoms with Gasteiger partial charge in [0, 0.05) is 6.04 Å². The summed E-state index contributed by atoms with van der Waals surface area (Å²) in [4.78, 5) is 22.8. The van der Waals surface area contributed by atoms with Gasteiger partial charge >= 0.3 is 6.03 Å². The lowest BCUT2D eigenvalue weighted by Crippen LogP contribution is -2.45. The Hall–Kier alpha value is -2.31. The molecule has 0 aliphatic heterocycles. The summed E-state index contributed by atoms with van der Waals surface area (Å²) in [5.41, 5.74) is -0.0330. The number of anilines is 1. The van der Waals surface area contributed by atoms with Gasteiger partial charge in [0.05, 0.1) is 18.1 Å². The SMILES string of the molecule is COc1ccc(NC(=O)N[C@@H]2CCC[C@H](C)[C@@H]2C)c([N+](=O)[O-])c1. The highest BCUT2D eigenvalue weighted by atomic mass is 16.6. The summed E-state index contributed by atoms with van der Waals surface area (Å²) in [5, 5.41) is 16.7. The maximum Gasteiger partial charge on any atom is 0.319 e. The summed E-state index contributed by atoms with van der Waals surface area (Å²) in [6.07, 6.45) is 3.19. The molecule has 0 aromatic heterocycles. The summed E-state index contributed by atoms with van der Waals surface area (Å²) in [6.45, 7) is 4.31. The van der Waals surface area contributed by atoms with E-state index in [1.54, 1.807) is 6.07 Å². The molecule has 1 fully saturated rings. The molecular weight excluding hydrogens is 298 g/mol. The fraction of sp³-hybridized carbons (Fsp3) is 0.562. The number of hydrogen-bond donors (Lipinski definition) is 2. The molecule has 2 rings (SSSR count). The van der Waals surface area contributed by atoms with E-state index in [1.165, 1.54) is 25.7 Å². The van der Waals surface area contributed by atoms with Crippen LogP contribution in [0.25, 0.3) is 0 Å². The maximum atomic E-state index is 12.2. The highest BCUT2D eigenvalue weighted by molar-refractivity contribution is 5.92. The molecule has 7 heteroatoms. The van der Waals surface area contributed by atoms with Crippen molar-refractivity contribution in [3.05, 3.63) is 28.3 Å². The third-order valence-electron chi connectivity index (χ3n) is 4.67. The summed E-state index contributed by atoms with van der Waals surface area (Å²) < 4.78 is 4.98. The molecule has 0 spiro atoms. The summed E-state index contributed by atoms with van der Waals surface area (Å²) >= 11 is 0. The molecule has 0 radical (unpaired) electrons. The van der Waals surface area contributed by atoms with Crippen molar-refractivity contribution in [2.45, 2.75) is 39.2 Å². The summed E-state index contributed by atoms with van der Waals surface area (Å²) in [6, 6.07) is 4.03. The molecule has 7 nitrogen and oxygen atoms in total. The van der Waals surface area contributed by atoms with Gasteiger partial charge < -0.3 is 15.4 Å². The average Bonchev–Trinajstić information content (AvgIpc) is 2.52. The summed E-state index contributed by atoms with van der Waals surface area (Å²) in [5.74, 6) is 1.32. The van der Waals surface area contributed by atoms with Gasteiger partial charge in [-0.15, -0.1) is 0 Å². The molecule has 1 aliphatic carbocycles. The van der Waals surface area contributed by atoms with Gasteiger partial charge in [-0.05, 0) is 30.4 Å². The second-order valence-corrected chi connectivity index (χ2v) is 6.11. The fourth-order valence-corrected chi connectivity index (χ4v) is 3.01. The Bertz CT molecular complexity index is 591. The van der Waals surface area contributed by atoms with Gasteiger partial charge in [-0.25, -0.2) is 4.79 Å². The lowest BCUT2D eigenvalue weighted by Gasteiger charge is -2.34. The number of nitrogens with one attached hydrogen (secondary N) is 2. The summed E-state index contributed by atoms with van der Waals surface area (Å²) in [7, 11) is 1.44. The van der Waals surface area contributed by atoms with Crippen LogP contribution < -0.4 is 15.4 Å². The van der Waals surface area contributed by atoms with Crippen LogP contribution in [-0.4, -0.2) is 24.1 Å². The van der Waals surface area contributed by atoms with Crippen molar-refractivity contribution >= 4 is 17.4 Å². The molecule has 0 bridgehead atoms. The van der Waals surface area contributed by atoms with Crippen LogP contribution in [0.2, 0.25) is 0 Å². The Balaban J connectivity index is 2.06. The fourth-order valence-electron chi connectivity index (χ4n) is 3.01. The standard InChI is InChI=1S/C16H23N3O4/c1-10-5-4-6-13(11(10)2)17-16(20)18-14-8-7-12(23-3)9-15(14)19(21)22/h7-11,13H,4-6H2,1-3H3,(H2,17,18,20)/t10-,11-,13+/m0/s1. The number of benzene rings is 1. The van der Waals surface area contributed by atoms with Crippen LogP contribution in [0.1, 0.15) is 33.1 Å². The predicted octanol–water partition coefficient (Wildman–Crippen LogP) is 3.55. The van der Waals surface area contributed by atoms with Crippen LogP contribution in [0, 0.1) is 22.0 Å². The lowest BCUT2D eigenvalue weighted by atomic mass is 9.78. The van der Waals surface area contributed by atoms with E-state index in [1.807, 2.05) is 0 Å². The first kappa shape index (κ1) is 17.1. The number of urea groups is 1. The molecule has 2 N–H and O–H groups in total. The van der Waals surface area contributed by atoms with Crippen LogP contribution in [-0.2, 0) is 0 Å². The Morgan fingerprint density at radius 3 is 2.74 bits per heavy atom. The van der Waals surface area contributed by atoms with Crippen molar-refractivity contribution in [2.24, 2.45) is 11.8 Å². The Labute approximate surface area is 135 Å². The number of nitrogens with zero attached hydrogens (tertiary/aromatic N) is 1. The van der Waals surface area contributed by atoms with Crippen molar-refractivity contribution in [3.8, 4) is 5.75 Å². The van der Waals surface area contributed by atoms with E-state index in [2.05, 4.69) is 24.5 Å². The van der Waals surface area contributed by atoms with Crippen LogP contribution in [0.3, 0.4) is 0 Å². The van der Waals surface area contributed by atoms with Gasteiger partial charge in [0.15, 0.2) is 0 Å². The third-order valence-corrected chi connectivity index (χ3v) is 4.67. The normalized spacial score (nSPS) is 23.9. The second-order valence-electron chi connectivity index (χ2n) is 6.11. The second kappa shape index (κ2) is 7.30. The Morgan fingerprint density at radius 2 is 2.09 bits per heavy atom. The van der Waals surface area contributed by atoms with Crippen molar-refractivity contribution in [2.75, 3.05) is 12.4 Å². The molecule has 126 valence electrons. The minimum absolute atomic E-state index is 0.0936. The van der Waals surface area contributed by atoms with E-state index >= 15 is 0 Å². The van der Waals surface area contributed by atoms with Gasteiger partial charge in [0.2, 0.25) is 0 Å². The minimum Gasteiger partial charge on any atom is -0.496 e. The number of methoxy groups -OCH3 is 1. The van der Waals surface area contributed by atoms with Crippen LogP contribution in [0.5, 0.6) is 5.75 Å². The minimum atomic E-state index is -0.538. The first-order valence-electron chi connectivity index (χ1n) is 7.82. The molecule has 0 heterocycles. The van der Waals surface area contributed by atoms with Crippen molar-refractivity contribution in [3.63, 3.8) is 0 Å². The number of carbonyl (C=O) groups excluding carboxylic acids is 1. The number of carbonyl (C=O) groups is 1. The van der Waals surface area contributed by atoms with E-state index in [-0.39, 0.29) is 17.4 Å². The molecule has 2 amide bonds. The Kier molecular flexibility index (Phi) is 5.41. The van der Waals surface area contributed by atoms with E-state index in [4.69, 9.17) is 4.74 Å². The number of nitro benzene ring substituents is 1. The van der Waals surface area contributed by atoms with Gasteiger partial charge in [-0.3, -0.25) is 10.1 Å². The topological polar surface area (TPSA) is 93.5 Å². The molecule has 1 aliphatic rings. The van der Waals surface area contributed by atoms with Gasteiger partial charge in [-0.1, -0.05) is 26.7 Å². The van der Waals surface area contributed by atoms with Gasteiger partial charge in [0.25, 0.3) is 5.69 Å². The number of ether oxygens (including phenoxy) is 1. The first-order valence-corrected chi connectivity index (χ1v) is 7.82. The monoisotopic (exact) mass is 321 g/mol. The van der Waals surface area contributed by atoms with Gasteiger partial charge in [-0.2, -0.15) is 0 Å². The first-order chi connectivity index (χ1) is 10.9. The van der Waals surface area contributed by atoms with Crippen LogP contribution in [0.15, 0.2) is 18.2 Å². The quantitative estimate of drug-likeness (QED) is 0.655. The van der Waals surface area contributed by atoms with Gasteiger partial charge in [0.1, 0.15) is 11.4 Å². The number of hydrogen-bond acceptors (Lipinski definition) is 4. The maximum absolute atomic E-state index is 12.2. The van der Waals surface area contributed by atoms with Crippen molar-refractivity contribution < 1.29 is 14.5 Å². The molecule has 23 heavy (non-hydrogen) atoms. The molecule has 0 unspecified atom stereocenters.